The van der Waals surface area contributed by atoms with Crippen LogP contribution < -0.4 is 0 Å². The van der Waals surface area contributed by atoms with Gasteiger partial charge in [-0.1, -0.05) is 12.8 Å². The minimum absolute atomic E-state index is 0.0278. The highest BCUT2D eigenvalue weighted by atomic mass is 31.2. The lowest BCUT2D eigenvalue weighted by Gasteiger charge is -2.29. The van der Waals surface area contributed by atoms with E-state index in [2.05, 4.69) is 0 Å². The lowest BCUT2D eigenvalue weighted by atomic mass is 10.2. The highest BCUT2D eigenvalue weighted by molar-refractivity contribution is 7.55. The van der Waals surface area contributed by atoms with Gasteiger partial charge >= 0.3 is 15.3 Å². The Kier molecular flexibility index (Phi) is 4.12. The Labute approximate surface area is 87.5 Å². The second-order valence-corrected chi connectivity index (χ2v) is 6.91. The Morgan fingerprint density at radius 3 is 2.07 bits per heavy atom. The summed E-state index contributed by atoms with van der Waals surface area (Å²) in [5.74, 6) is -1.35. The van der Waals surface area contributed by atoms with Crippen molar-refractivity contribution in [3.05, 3.63) is 0 Å². The fraction of sp³-hybridized carbons (Fsp3) is 1.00. The number of rotatable bonds is 2. The molecule has 4 N–H and O–H groups in total. The van der Waals surface area contributed by atoms with Gasteiger partial charge in [0.25, 0.3) is 0 Å². The van der Waals surface area contributed by atoms with Crippen molar-refractivity contribution in [3.63, 3.8) is 0 Å². The summed E-state index contributed by atoms with van der Waals surface area (Å²) >= 11 is 0. The third-order valence-electron chi connectivity index (χ3n) is 2.42. The predicted octanol–water partition coefficient (Wildman–Crippen LogP) is 0.459. The van der Waals surface area contributed by atoms with Crippen molar-refractivity contribution in [1.29, 1.82) is 0 Å². The Hall–Kier alpha value is 0.260. The van der Waals surface area contributed by atoms with Gasteiger partial charge in [-0.25, -0.2) is 4.57 Å². The van der Waals surface area contributed by atoms with Crippen LogP contribution in [-0.2, 0) is 9.13 Å². The summed E-state index contributed by atoms with van der Waals surface area (Å²) < 4.78 is 22.8. The van der Waals surface area contributed by atoms with E-state index in [0.29, 0.717) is 17.5 Å². The molecule has 0 aromatic heterocycles. The summed E-state index contributed by atoms with van der Waals surface area (Å²) in [6, 6.07) is 0. The molecule has 0 saturated carbocycles. The molecule has 0 aliphatic carbocycles. The summed E-state index contributed by atoms with van der Waals surface area (Å²) in [7, 11) is -9.07. The summed E-state index contributed by atoms with van der Waals surface area (Å²) in [5.41, 5.74) is 0. The van der Waals surface area contributed by atoms with E-state index < -0.39 is 21.1 Å². The van der Waals surface area contributed by atoms with Crippen molar-refractivity contribution in [2.75, 3.05) is 6.54 Å². The fourth-order valence-corrected chi connectivity index (χ4v) is 4.37. The molecule has 1 rings (SSSR count). The monoisotopic (exact) mass is 259 g/mol. The minimum atomic E-state index is -4.58. The first-order valence-corrected chi connectivity index (χ1v) is 7.85. The smallest absolute Gasteiger partial charge is 0.323 e. The topological polar surface area (TPSA) is 118 Å². The van der Waals surface area contributed by atoms with Crippen LogP contribution in [0.5, 0.6) is 0 Å². The zero-order valence-corrected chi connectivity index (χ0v) is 9.85. The summed E-state index contributed by atoms with van der Waals surface area (Å²) in [6.45, 7) is 0.0278. The van der Waals surface area contributed by atoms with Gasteiger partial charge in [-0.05, 0) is 12.8 Å². The van der Waals surface area contributed by atoms with Crippen LogP contribution in [0.15, 0.2) is 0 Å². The normalized spacial score (nSPS) is 26.3. The van der Waals surface area contributed by atoms with Crippen LogP contribution in [-0.4, -0.2) is 36.6 Å². The maximum absolute atomic E-state index is 11.1. The van der Waals surface area contributed by atoms with Gasteiger partial charge in [-0.2, -0.15) is 4.67 Å². The third kappa shape index (κ3) is 3.64. The van der Waals surface area contributed by atoms with Gasteiger partial charge in [-0.15, -0.1) is 0 Å². The molecule has 0 spiro atoms. The van der Waals surface area contributed by atoms with Gasteiger partial charge in [0.05, 0.1) is 0 Å². The zero-order chi connectivity index (χ0) is 11.7. The van der Waals surface area contributed by atoms with Crippen LogP contribution >= 0.6 is 15.3 Å². The van der Waals surface area contributed by atoms with Crippen molar-refractivity contribution in [1.82, 2.24) is 4.67 Å². The first-order chi connectivity index (χ1) is 6.73. The van der Waals surface area contributed by atoms with Crippen LogP contribution in [0.3, 0.4) is 0 Å². The molecule has 1 atom stereocenters. The molecule has 0 radical (unpaired) electrons. The van der Waals surface area contributed by atoms with Gasteiger partial charge in [0.2, 0.25) is 0 Å². The Bertz CT molecular complexity index is 279. The van der Waals surface area contributed by atoms with Crippen molar-refractivity contribution >= 4 is 15.3 Å². The van der Waals surface area contributed by atoms with E-state index in [1.54, 1.807) is 0 Å². The first-order valence-electron chi connectivity index (χ1n) is 4.61. The molecular weight excluding hydrogens is 244 g/mol. The molecule has 0 aromatic rings. The first kappa shape index (κ1) is 13.3. The van der Waals surface area contributed by atoms with Crippen LogP contribution in [0.2, 0.25) is 0 Å². The molecule has 1 heterocycles. The van der Waals surface area contributed by atoms with Crippen molar-refractivity contribution < 1.29 is 28.7 Å². The minimum Gasteiger partial charge on any atom is -0.323 e. The molecule has 0 aromatic carbocycles. The third-order valence-corrected chi connectivity index (χ3v) is 5.06. The maximum Gasteiger partial charge on any atom is 0.403 e. The molecule has 1 aliphatic rings. The van der Waals surface area contributed by atoms with Crippen molar-refractivity contribution in [3.8, 4) is 0 Å². The Balaban J connectivity index is 2.97. The average molecular weight is 259 g/mol. The molecule has 0 bridgehead atoms. The van der Waals surface area contributed by atoms with Gasteiger partial charge in [-0.3, -0.25) is 4.57 Å². The molecule has 1 aliphatic heterocycles. The molecule has 90 valence electrons. The molecule has 1 unspecified atom stereocenters. The fourth-order valence-electron chi connectivity index (χ4n) is 1.72. The van der Waals surface area contributed by atoms with Crippen LogP contribution in [0.4, 0.5) is 0 Å². The molecule has 1 fully saturated rings. The van der Waals surface area contributed by atoms with Crippen LogP contribution in [0.1, 0.15) is 25.7 Å². The standard InChI is InChI=1S/C6H15NO6P2/c8-14(9,10)6-4-2-1-3-5-7(6)15(11,12)13/h6H,1-5H2,(H2,8,9,10)(H2,11,12,13). The molecule has 9 heteroatoms. The van der Waals surface area contributed by atoms with E-state index in [1.165, 1.54) is 0 Å². The van der Waals surface area contributed by atoms with E-state index >= 15 is 0 Å². The largest absolute Gasteiger partial charge is 0.403 e. The quantitative estimate of drug-likeness (QED) is 0.532. The van der Waals surface area contributed by atoms with E-state index in [-0.39, 0.29) is 13.0 Å². The van der Waals surface area contributed by atoms with E-state index in [1.807, 2.05) is 0 Å². The maximum atomic E-state index is 11.1. The lowest BCUT2D eigenvalue weighted by molar-refractivity contribution is 0.234. The van der Waals surface area contributed by atoms with Gasteiger partial charge in [0, 0.05) is 6.54 Å². The van der Waals surface area contributed by atoms with Gasteiger partial charge < -0.3 is 19.6 Å². The number of hydrogen-bond acceptors (Lipinski definition) is 2. The highest BCUT2D eigenvalue weighted by Gasteiger charge is 2.42. The molecule has 15 heavy (non-hydrogen) atoms. The summed E-state index contributed by atoms with van der Waals surface area (Å²) in [4.78, 5) is 36.0. The van der Waals surface area contributed by atoms with Crippen molar-refractivity contribution in [2.24, 2.45) is 0 Å². The lowest BCUT2D eigenvalue weighted by Crippen LogP contribution is -2.31. The Morgan fingerprint density at radius 2 is 1.60 bits per heavy atom. The van der Waals surface area contributed by atoms with Crippen molar-refractivity contribution in [2.45, 2.75) is 31.5 Å². The van der Waals surface area contributed by atoms with Gasteiger partial charge in [0.1, 0.15) is 5.78 Å². The molecular formula is C6H15NO6P2. The molecule has 0 amide bonds. The van der Waals surface area contributed by atoms with E-state index in [4.69, 9.17) is 19.6 Å². The number of hydrogen-bond donors (Lipinski definition) is 4. The zero-order valence-electron chi connectivity index (χ0n) is 8.06. The summed E-state index contributed by atoms with van der Waals surface area (Å²) in [6.07, 6.45) is 1.97. The molecule has 7 nitrogen and oxygen atoms in total. The SMILES string of the molecule is O=P(O)(O)C1CCCCCN1P(=O)(O)O. The van der Waals surface area contributed by atoms with Gasteiger partial charge in [0.15, 0.2) is 0 Å². The highest BCUT2D eigenvalue weighted by Crippen LogP contribution is 2.55. The van der Waals surface area contributed by atoms with E-state index in [9.17, 15) is 9.13 Å². The average Bonchev–Trinajstić information content (AvgIpc) is 2.24. The second kappa shape index (κ2) is 4.63. The Morgan fingerprint density at radius 1 is 1.00 bits per heavy atom. The predicted molar refractivity (Wildman–Crippen MR) is 53.1 cm³/mol. The van der Waals surface area contributed by atoms with Crippen LogP contribution in [0.25, 0.3) is 0 Å². The molecule has 1 saturated heterocycles. The second-order valence-electron chi connectivity index (χ2n) is 3.60. The van der Waals surface area contributed by atoms with E-state index in [0.717, 1.165) is 6.42 Å². The number of nitrogens with zero attached hydrogens (tertiary/aromatic N) is 1. The summed E-state index contributed by atoms with van der Waals surface area (Å²) in [5, 5.41) is 0. The van der Waals surface area contributed by atoms with Crippen LogP contribution in [0, 0.1) is 0 Å².